The largest absolute Gasteiger partial charge is 0.352 e. The Morgan fingerprint density at radius 3 is 2.33 bits per heavy atom. The Hall–Kier alpha value is -2.28. The lowest BCUT2D eigenvalue weighted by molar-refractivity contribution is -0.139. The van der Waals surface area contributed by atoms with Crippen LogP contribution in [-0.4, -0.2) is 34.6 Å². The van der Waals surface area contributed by atoms with Gasteiger partial charge in [-0.05, 0) is 54.3 Å². The molecule has 0 saturated heterocycles. The maximum absolute atomic E-state index is 13.7. The van der Waals surface area contributed by atoms with Gasteiger partial charge in [0.15, 0.2) is 0 Å². The van der Waals surface area contributed by atoms with Gasteiger partial charge < -0.3 is 10.2 Å². The number of nitrogens with one attached hydrogen (secondary N) is 1. The van der Waals surface area contributed by atoms with Crippen LogP contribution >= 0.6 is 39.3 Å². The summed E-state index contributed by atoms with van der Waals surface area (Å²) >= 11 is 11.1. The Balaban J connectivity index is 1.85. The summed E-state index contributed by atoms with van der Waals surface area (Å²) in [6.45, 7) is 4.38. The Labute approximate surface area is 231 Å². The highest BCUT2D eigenvalue weighted by Crippen LogP contribution is 2.21. The minimum Gasteiger partial charge on any atom is -0.352 e. The van der Waals surface area contributed by atoms with Gasteiger partial charge in [-0.2, -0.15) is 0 Å². The molecule has 0 heterocycles. The Kier molecular flexibility index (Phi) is 11.4. The van der Waals surface area contributed by atoms with E-state index < -0.39 is 6.04 Å². The molecule has 2 atom stereocenters. The van der Waals surface area contributed by atoms with Gasteiger partial charge in [-0.25, -0.2) is 0 Å². The first-order valence-corrected chi connectivity index (χ1v) is 14.4. The first kappa shape index (κ1) is 28.3. The van der Waals surface area contributed by atoms with E-state index in [-0.39, 0.29) is 23.6 Å². The van der Waals surface area contributed by atoms with E-state index in [1.54, 1.807) is 16.7 Å². The molecule has 0 saturated carbocycles. The zero-order valence-electron chi connectivity index (χ0n) is 20.6. The molecule has 2 unspecified atom stereocenters. The molecule has 0 bridgehead atoms. The van der Waals surface area contributed by atoms with Gasteiger partial charge in [0, 0.05) is 34.3 Å². The molecule has 0 aliphatic heterocycles. The van der Waals surface area contributed by atoms with E-state index in [1.165, 1.54) is 0 Å². The molecule has 7 heteroatoms. The van der Waals surface area contributed by atoms with Gasteiger partial charge in [0.05, 0.1) is 5.75 Å². The van der Waals surface area contributed by atoms with Crippen LogP contribution in [0.3, 0.4) is 0 Å². The Morgan fingerprint density at radius 1 is 0.972 bits per heavy atom. The summed E-state index contributed by atoms with van der Waals surface area (Å²) in [5, 5.41) is 3.80. The molecule has 3 aromatic carbocycles. The van der Waals surface area contributed by atoms with Crippen LogP contribution in [0.5, 0.6) is 0 Å². The van der Waals surface area contributed by atoms with Gasteiger partial charge in [-0.1, -0.05) is 89.1 Å². The molecule has 2 amide bonds. The number of carbonyl (C=O) groups is 2. The number of halogens is 2. The Morgan fingerprint density at radius 2 is 1.67 bits per heavy atom. The molecule has 4 nitrogen and oxygen atoms in total. The number of benzene rings is 3. The Bertz CT molecular complexity index is 1130. The normalized spacial score (nSPS) is 12.6. The lowest BCUT2D eigenvalue weighted by atomic mass is 10.0. The summed E-state index contributed by atoms with van der Waals surface area (Å²) in [7, 11) is 0. The molecule has 0 spiro atoms. The van der Waals surface area contributed by atoms with Gasteiger partial charge in [0.25, 0.3) is 0 Å². The van der Waals surface area contributed by atoms with Crippen LogP contribution < -0.4 is 5.32 Å². The molecule has 1 N–H and O–H groups in total. The predicted molar refractivity (Wildman–Crippen MR) is 154 cm³/mol. The van der Waals surface area contributed by atoms with Crippen molar-refractivity contribution < 1.29 is 9.59 Å². The van der Waals surface area contributed by atoms with Gasteiger partial charge in [0.1, 0.15) is 6.04 Å². The van der Waals surface area contributed by atoms with E-state index in [1.807, 2.05) is 92.7 Å². The smallest absolute Gasteiger partial charge is 0.243 e. The summed E-state index contributed by atoms with van der Waals surface area (Å²) in [5.74, 6) is 0.780. The monoisotopic (exact) mass is 586 g/mol. The van der Waals surface area contributed by atoms with E-state index >= 15 is 0 Å². The number of hydrogen-bond donors (Lipinski definition) is 1. The summed E-state index contributed by atoms with van der Waals surface area (Å²) in [5.41, 5.74) is 3.09. The molecule has 3 rings (SSSR count). The van der Waals surface area contributed by atoms with E-state index in [0.29, 0.717) is 23.7 Å². The summed E-state index contributed by atoms with van der Waals surface area (Å²) in [6, 6.07) is 24.8. The first-order valence-electron chi connectivity index (χ1n) is 12.1. The highest BCUT2D eigenvalue weighted by Gasteiger charge is 2.30. The van der Waals surface area contributed by atoms with Crippen molar-refractivity contribution in [3.8, 4) is 0 Å². The third-order valence-electron chi connectivity index (χ3n) is 5.92. The lowest BCUT2D eigenvalue weighted by Crippen LogP contribution is -2.52. The third kappa shape index (κ3) is 8.99. The van der Waals surface area contributed by atoms with Crippen molar-refractivity contribution in [2.24, 2.45) is 0 Å². The van der Waals surface area contributed by atoms with E-state index in [9.17, 15) is 9.59 Å². The van der Waals surface area contributed by atoms with Gasteiger partial charge in [-0.3, -0.25) is 9.59 Å². The predicted octanol–water partition coefficient (Wildman–Crippen LogP) is 6.89. The number of hydrogen-bond acceptors (Lipinski definition) is 3. The molecular formula is C29H32BrClN2O2S. The number of thioether (sulfide) groups is 1. The zero-order valence-corrected chi connectivity index (χ0v) is 23.8. The second-order valence-corrected chi connectivity index (χ2v) is 11.1. The summed E-state index contributed by atoms with van der Waals surface area (Å²) < 4.78 is 0.938. The number of amides is 2. The van der Waals surface area contributed by atoms with Crippen molar-refractivity contribution in [3.63, 3.8) is 0 Å². The maximum atomic E-state index is 13.7. The fraction of sp³-hybridized carbons (Fsp3) is 0.310. The number of nitrogens with zero attached hydrogens (tertiary/aromatic N) is 1. The average molecular weight is 588 g/mol. The fourth-order valence-electron chi connectivity index (χ4n) is 3.75. The molecule has 0 radical (unpaired) electrons. The zero-order chi connectivity index (χ0) is 25.9. The van der Waals surface area contributed by atoms with Crippen LogP contribution in [0.4, 0.5) is 0 Å². The second-order valence-electron chi connectivity index (χ2n) is 8.79. The average Bonchev–Trinajstić information content (AvgIpc) is 2.87. The molecule has 36 heavy (non-hydrogen) atoms. The molecule has 3 aromatic rings. The molecular weight excluding hydrogens is 556 g/mol. The summed E-state index contributed by atoms with van der Waals surface area (Å²) in [4.78, 5) is 28.9. The van der Waals surface area contributed by atoms with Crippen LogP contribution in [0, 0.1) is 0 Å². The van der Waals surface area contributed by atoms with E-state index in [4.69, 9.17) is 11.6 Å². The quantitative estimate of drug-likeness (QED) is 0.251. The molecule has 0 aliphatic rings. The third-order valence-corrected chi connectivity index (χ3v) is 7.66. The topological polar surface area (TPSA) is 49.4 Å². The van der Waals surface area contributed by atoms with Crippen molar-refractivity contribution in [1.29, 1.82) is 0 Å². The van der Waals surface area contributed by atoms with Crippen molar-refractivity contribution >= 4 is 51.1 Å². The number of rotatable bonds is 12. The molecule has 0 fully saturated rings. The molecule has 190 valence electrons. The molecule has 0 aromatic heterocycles. The van der Waals surface area contributed by atoms with E-state index in [2.05, 4.69) is 21.2 Å². The lowest BCUT2D eigenvalue weighted by Gasteiger charge is -2.32. The first-order chi connectivity index (χ1) is 17.4. The highest BCUT2D eigenvalue weighted by atomic mass is 79.9. The molecule has 0 aliphatic carbocycles. The van der Waals surface area contributed by atoms with E-state index in [0.717, 1.165) is 27.6 Å². The minimum absolute atomic E-state index is 0.0258. The van der Waals surface area contributed by atoms with Crippen molar-refractivity contribution in [2.45, 2.75) is 51.1 Å². The highest BCUT2D eigenvalue weighted by molar-refractivity contribution is 9.10. The van der Waals surface area contributed by atoms with Gasteiger partial charge in [0.2, 0.25) is 11.8 Å². The summed E-state index contributed by atoms with van der Waals surface area (Å²) in [6.07, 6.45) is 1.27. The number of carbonyl (C=O) groups excluding carboxylic acids is 2. The second kappa shape index (κ2) is 14.5. The van der Waals surface area contributed by atoms with Crippen molar-refractivity contribution in [2.75, 3.05) is 5.75 Å². The minimum atomic E-state index is -0.621. The van der Waals surface area contributed by atoms with Crippen molar-refractivity contribution in [3.05, 3.63) is 105 Å². The van der Waals surface area contributed by atoms with Crippen LogP contribution in [0.15, 0.2) is 83.3 Å². The standard InChI is InChI=1S/C29H32BrClN2O2S/c1-3-21(2)32-29(35)27(17-22-8-5-4-6-9-22)33(18-24-10-7-11-25(30)16-24)28(34)20-36-19-23-12-14-26(31)15-13-23/h4-16,21,27H,3,17-20H2,1-2H3,(H,32,35). The van der Waals surface area contributed by atoms with Gasteiger partial charge >= 0.3 is 0 Å². The maximum Gasteiger partial charge on any atom is 0.243 e. The fourth-order valence-corrected chi connectivity index (χ4v) is 5.19. The SMILES string of the molecule is CCC(C)NC(=O)C(Cc1ccccc1)N(Cc1cccc(Br)c1)C(=O)CSCc1ccc(Cl)cc1. The van der Waals surface area contributed by atoms with Crippen LogP contribution in [0.25, 0.3) is 0 Å². The van der Waals surface area contributed by atoms with Gasteiger partial charge in [-0.15, -0.1) is 11.8 Å². The van der Waals surface area contributed by atoms with Crippen LogP contribution in [-0.2, 0) is 28.3 Å². The van der Waals surface area contributed by atoms with Crippen molar-refractivity contribution in [1.82, 2.24) is 10.2 Å². The van der Waals surface area contributed by atoms with Crippen LogP contribution in [0.1, 0.15) is 37.0 Å². The van der Waals surface area contributed by atoms with Crippen LogP contribution in [0.2, 0.25) is 5.02 Å².